The van der Waals surface area contributed by atoms with E-state index in [4.69, 9.17) is 16.7 Å². The molecule has 62 valence electrons. The Morgan fingerprint density at radius 1 is 1.82 bits per heavy atom. The molecule has 0 unspecified atom stereocenters. The number of aliphatic carboxylic acids is 1. The molecular weight excluding hydrogens is 209 g/mol. The van der Waals surface area contributed by atoms with Crippen molar-refractivity contribution in [1.29, 1.82) is 0 Å². The topological polar surface area (TPSA) is 50.2 Å². The van der Waals surface area contributed by atoms with Crippen molar-refractivity contribution < 1.29 is 9.90 Å². The van der Waals surface area contributed by atoms with Crippen LogP contribution in [0.25, 0.3) is 0 Å². The third-order valence-electron chi connectivity index (χ3n) is 0.856. The van der Waals surface area contributed by atoms with Gasteiger partial charge in [0.05, 0.1) is 12.1 Å². The highest BCUT2D eigenvalue weighted by atomic mass is 35.5. The van der Waals surface area contributed by atoms with Gasteiger partial charge in [-0.25, -0.2) is 4.98 Å². The average Bonchev–Trinajstić information content (AvgIpc) is 2.13. The summed E-state index contributed by atoms with van der Waals surface area (Å²) in [6.07, 6.45) is -0.0524. The van der Waals surface area contributed by atoms with Crippen LogP contribution in [0.5, 0.6) is 0 Å². The molecule has 0 aliphatic carbocycles. The molecule has 0 fully saturated rings. The molecule has 1 aromatic rings. The van der Waals surface area contributed by atoms with E-state index in [9.17, 15) is 4.79 Å². The fourth-order valence-corrected chi connectivity index (χ4v) is 1.30. The van der Waals surface area contributed by atoms with Crippen molar-refractivity contribution in [2.45, 2.75) is 6.42 Å². The van der Waals surface area contributed by atoms with Crippen LogP contribution in [0.15, 0.2) is 5.38 Å². The molecule has 0 aromatic carbocycles. The Bertz CT molecular complexity index is 250. The molecule has 1 heterocycles. The first-order chi connectivity index (χ1) is 4.68. The molecule has 0 aliphatic heterocycles. The van der Waals surface area contributed by atoms with E-state index in [1.54, 1.807) is 5.38 Å². The van der Waals surface area contributed by atoms with Gasteiger partial charge in [-0.15, -0.1) is 23.7 Å². The van der Waals surface area contributed by atoms with Crippen LogP contribution in [-0.2, 0) is 11.2 Å². The second kappa shape index (κ2) is 4.54. The molecule has 0 aliphatic rings. The molecule has 1 aromatic heterocycles. The Balaban J connectivity index is 0.000001000. The van der Waals surface area contributed by atoms with Gasteiger partial charge in [0, 0.05) is 5.38 Å². The van der Waals surface area contributed by atoms with Gasteiger partial charge in [0.2, 0.25) is 0 Å². The van der Waals surface area contributed by atoms with Crippen LogP contribution in [0.3, 0.4) is 0 Å². The van der Waals surface area contributed by atoms with E-state index in [1.165, 1.54) is 11.3 Å². The maximum Gasteiger partial charge on any atom is 0.309 e. The van der Waals surface area contributed by atoms with Gasteiger partial charge in [0.15, 0.2) is 4.47 Å². The van der Waals surface area contributed by atoms with Crippen molar-refractivity contribution in [3.8, 4) is 0 Å². The summed E-state index contributed by atoms with van der Waals surface area (Å²) in [4.78, 5) is 13.9. The molecule has 11 heavy (non-hydrogen) atoms. The molecule has 3 nitrogen and oxygen atoms in total. The monoisotopic (exact) mass is 213 g/mol. The van der Waals surface area contributed by atoms with Gasteiger partial charge in [-0.1, -0.05) is 11.6 Å². The molecular formula is C5H5Cl2NO2S. The zero-order valence-corrected chi connectivity index (χ0v) is 7.67. The zero-order chi connectivity index (χ0) is 7.56. The minimum absolute atomic E-state index is 0. The number of thiazole rings is 1. The lowest BCUT2D eigenvalue weighted by Gasteiger charge is -1.84. The number of aromatic nitrogens is 1. The van der Waals surface area contributed by atoms with Crippen molar-refractivity contribution in [2.75, 3.05) is 0 Å². The summed E-state index contributed by atoms with van der Waals surface area (Å²) in [5, 5.41) is 9.93. The quantitative estimate of drug-likeness (QED) is 0.817. The average molecular weight is 214 g/mol. The van der Waals surface area contributed by atoms with Crippen molar-refractivity contribution in [1.82, 2.24) is 4.98 Å². The standard InChI is InChI=1S/C5H4ClNO2S.ClH/c6-5-7-3(2-10-5)1-4(8)9;/h2H,1H2,(H,8,9);1H. The van der Waals surface area contributed by atoms with E-state index in [0.29, 0.717) is 10.2 Å². The van der Waals surface area contributed by atoms with Gasteiger partial charge in [-0.2, -0.15) is 0 Å². The third kappa shape index (κ3) is 3.55. The van der Waals surface area contributed by atoms with Gasteiger partial charge >= 0.3 is 5.97 Å². The summed E-state index contributed by atoms with van der Waals surface area (Å²) >= 11 is 6.70. The third-order valence-corrected chi connectivity index (χ3v) is 1.88. The number of carboxylic acids is 1. The number of carbonyl (C=O) groups is 1. The summed E-state index contributed by atoms with van der Waals surface area (Å²) in [6.45, 7) is 0. The molecule has 1 rings (SSSR count). The molecule has 0 atom stereocenters. The molecule has 0 radical (unpaired) electrons. The zero-order valence-electron chi connectivity index (χ0n) is 5.28. The smallest absolute Gasteiger partial charge is 0.309 e. The highest BCUT2D eigenvalue weighted by molar-refractivity contribution is 7.13. The normalized spacial score (nSPS) is 8.82. The summed E-state index contributed by atoms with van der Waals surface area (Å²) in [5.41, 5.74) is 0.516. The molecule has 1 N–H and O–H groups in total. The SMILES string of the molecule is Cl.O=C(O)Cc1csc(Cl)n1. The van der Waals surface area contributed by atoms with E-state index in [2.05, 4.69) is 4.98 Å². The minimum Gasteiger partial charge on any atom is -0.481 e. The van der Waals surface area contributed by atoms with Crippen LogP contribution in [0, 0.1) is 0 Å². The Kier molecular flexibility index (Phi) is 4.40. The fourth-order valence-electron chi connectivity index (χ4n) is 0.518. The van der Waals surface area contributed by atoms with Crippen molar-refractivity contribution in [2.24, 2.45) is 0 Å². The Hall–Kier alpha value is -0.320. The van der Waals surface area contributed by atoms with Gasteiger partial charge in [0.25, 0.3) is 0 Å². The van der Waals surface area contributed by atoms with Gasteiger partial charge in [-0.05, 0) is 0 Å². The van der Waals surface area contributed by atoms with Crippen LogP contribution in [0.2, 0.25) is 4.47 Å². The summed E-state index contributed by atoms with van der Waals surface area (Å²) in [7, 11) is 0. The van der Waals surface area contributed by atoms with Crippen LogP contribution in [0.1, 0.15) is 5.69 Å². The largest absolute Gasteiger partial charge is 0.481 e. The number of nitrogens with zero attached hydrogens (tertiary/aromatic N) is 1. The predicted molar refractivity (Wildman–Crippen MR) is 45.7 cm³/mol. The molecule has 0 bridgehead atoms. The lowest BCUT2D eigenvalue weighted by atomic mass is 10.3. The second-order valence-corrected chi connectivity index (χ2v) is 3.10. The molecule has 0 saturated carbocycles. The van der Waals surface area contributed by atoms with Crippen molar-refractivity contribution in [3.05, 3.63) is 15.5 Å². The highest BCUT2D eigenvalue weighted by Crippen LogP contribution is 2.14. The Labute approximate surface area is 78.4 Å². The Morgan fingerprint density at radius 2 is 2.45 bits per heavy atom. The molecule has 0 saturated heterocycles. The van der Waals surface area contributed by atoms with E-state index >= 15 is 0 Å². The number of hydrogen-bond acceptors (Lipinski definition) is 3. The summed E-state index contributed by atoms with van der Waals surface area (Å²) in [5.74, 6) is -0.887. The van der Waals surface area contributed by atoms with Crippen molar-refractivity contribution in [3.63, 3.8) is 0 Å². The predicted octanol–water partition coefficient (Wildman–Crippen LogP) is 1.85. The van der Waals surface area contributed by atoms with Crippen LogP contribution in [-0.4, -0.2) is 16.1 Å². The number of hydrogen-bond donors (Lipinski definition) is 1. The van der Waals surface area contributed by atoms with Crippen LogP contribution < -0.4 is 0 Å². The first-order valence-corrected chi connectivity index (χ1v) is 3.76. The first-order valence-electron chi connectivity index (χ1n) is 2.50. The Morgan fingerprint density at radius 3 is 2.82 bits per heavy atom. The maximum absolute atomic E-state index is 10.1. The lowest BCUT2D eigenvalue weighted by Crippen LogP contribution is -1.99. The number of rotatable bonds is 2. The number of carboxylic acid groups (broad SMARTS) is 1. The fraction of sp³-hybridized carbons (Fsp3) is 0.200. The van der Waals surface area contributed by atoms with Crippen LogP contribution >= 0.6 is 35.3 Å². The maximum atomic E-state index is 10.1. The lowest BCUT2D eigenvalue weighted by molar-refractivity contribution is -0.136. The summed E-state index contributed by atoms with van der Waals surface area (Å²) in [6, 6.07) is 0. The molecule has 0 amide bonds. The van der Waals surface area contributed by atoms with E-state index in [1.807, 2.05) is 0 Å². The van der Waals surface area contributed by atoms with E-state index in [0.717, 1.165) is 0 Å². The first kappa shape index (κ1) is 10.7. The van der Waals surface area contributed by atoms with Gasteiger partial charge in [-0.3, -0.25) is 4.79 Å². The van der Waals surface area contributed by atoms with Gasteiger partial charge < -0.3 is 5.11 Å². The number of halogens is 2. The minimum atomic E-state index is -0.887. The second-order valence-electron chi connectivity index (χ2n) is 1.66. The van der Waals surface area contributed by atoms with Crippen molar-refractivity contribution >= 4 is 41.3 Å². The van der Waals surface area contributed by atoms with E-state index < -0.39 is 5.97 Å². The van der Waals surface area contributed by atoms with Gasteiger partial charge in [0.1, 0.15) is 0 Å². The summed E-state index contributed by atoms with van der Waals surface area (Å²) < 4.78 is 0.385. The highest BCUT2D eigenvalue weighted by Gasteiger charge is 2.03. The molecule has 0 spiro atoms. The molecule has 6 heteroatoms. The van der Waals surface area contributed by atoms with E-state index in [-0.39, 0.29) is 18.8 Å². The van der Waals surface area contributed by atoms with Crippen LogP contribution in [0.4, 0.5) is 0 Å².